The summed E-state index contributed by atoms with van der Waals surface area (Å²) in [5.41, 5.74) is -1.93. The zero-order valence-electron chi connectivity index (χ0n) is 22.0. The number of halogens is 3. The zero-order chi connectivity index (χ0) is 29.1. The molecule has 1 saturated heterocycles. The molecule has 1 aliphatic rings. The summed E-state index contributed by atoms with van der Waals surface area (Å²) in [5, 5.41) is 5.92. The Hall–Kier alpha value is -3.97. The molecule has 2 N–H and O–H groups in total. The number of anilines is 2. The topological polar surface area (TPSA) is 114 Å². The highest BCUT2D eigenvalue weighted by atomic mass is 32.2. The van der Waals surface area contributed by atoms with Crippen LogP contribution in [0.4, 0.5) is 29.5 Å². The molecule has 2 amide bonds. The van der Waals surface area contributed by atoms with Crippen LogP contribution in [0, 0.1) is 0 Å². The fourth-order valence-electron chi connectivity index (χ4n) is 4.58. The largest absolute Gasteiger partial charge is 0.416 e. The van der Waals surface area contributed by atoms with Gasteiger partial charge in [-0.1, -0.05) is 18.2 Å². The second-order valence-corrected chi connectivity index (χ2v) is 10.2. The molecule has 0 saturated carbocycles. The van der Waals surface area contributed by atoms with Gasteiger partial charge in [0, 0.05) is 30.9 Å². The molecule has 4 rings (SSSR count). The molecule has 1 aliphatic heterocycles. The molecule has 3 aromatic rings. The Kier molecular flexibility index (Phi) is 8.45. The second-order valence-electron chi connectivity index (χ2n) is 9.46. The number of ether oxygens (including phenoxy) is 1. The van der Waals surface area contributed by atoms with Gasteiger partial charge in [0.2, 0.25) is 10.3 Å². The molecule has 1 aromatic heterocycles. The maximum Gasteiger partial charge on any atom is 0.416 e. The van der Waals surface area contributed by atoms with Gasteiger partial charge in [0.25, 0.3) is 0 Å². The predicted octanol–water partition coefficient (Wildman–Crippen LogP) is 4.13. The lowest BCUT2D eigenvalue weighted by atomic mass is 9.78. The minimum absolute atomic E-state index is 0.0691. The van der Waals surface area contributed by atoms with Crippen molar-refractivity contribution in [3.8, 4) is 11.4 Å². The van der Waals surface area contributed by atoms with Crippen LogP contribution in [0.15, 0.2) is 54.6 Å². The average molecular weight is 576 g/mol. The fraction of sp³-hybridized carbons (Fsp3) is 0.333. The summed E-state index contributed by atoms with van der Waals surface area (Å²) in [6.45, 7) is 4.63. The summed E-state index contributed by atoms with van der Waals surface area (Å²) in [4.78, 5) is 22.9. The number of morpholine rings is 1. The number of amides is 2. The number of alkyl halides is 3. The number of benzene rings is 2. The van der Waals surface area contributed by atoms with Gasteiger partial charge in [-0.25, -0.2) is 14.8 Å². The van der Waals surface area contributed by atoms with Crippen molar-refractivity contribution in [1.29, 1.82) is 0 Å². The van der Waals surface area contributed by atoms with Crippen molar-refractivity contribution in [2.24, 2.45) is 0 Å². The van der Waals surface area contributed by atoms with Crippen LogP contribution in [0.2, 0.25) is 0 Å². The van der Waals surface area contributed by atoms with Crippen LogP contribution in [0.1, 0.15) is 30.7 Å². The Morgan fingerprint density at radius 1 is 1.10 bits per heavy atom. The molecule has 212 valence electrons. The average Bonchev–Trinajstić information content (AvgIpc) is 2.92. The molecule has 0 spiro atoms. The monoisotopic (exact) mass is 575 g/mol. The highest BCUT2D eigenvalue weighted by molar-refractivity contribution is 7.71. The second kappa shape index (κ2) is 11.6. The normalized spacial score (nSPS) is 17.1. The highest BCUT2D eigenvalue weighted by Gasteiger charge is 2.41. The van der Waals surface area contributed by atoms with Crippen LogP contribution in [0.5, 0.6) is 0 Å². The number of hydrogen-bond donors (Lipinski definition) is 2. The van der Waals surface area contributed by atoms with Crippen LogP contribution in [0.25, 0.3) is 11.4 Å². The van der Waals surface area contributed by atoms with E-state index in [1.807, 2.05) is 11.8 Å². The van der Waals surface area contributed by atoms with Crippen LogP contribution >= 0.6 is 0 Å². The van der Waals surface area contributed by atoms with E-state index in [4.69, 9.17) is 9.72 Å². The Morgan fingerprint density at radius 3 is 2.38 bits per heavy atom. The molecule has 9 nitrogen and oxygen atoms in total. The number of nitrogens with one attached hydrogen (secondary N) is 2. The number of nitrogens with zero attached hydrogens (tertiary/aromatic N) is 3. The molecule has 2 atom stereocenters. The molecule has 40 heavy (non-hydrogen) atoms. The summed E-state index contributed by atoms with van der Waals surface area (Å²) in [7, 11) is -1.35. The first-order valence-corrected chi connectivity index (χ1v) is 13.5. The van der Waals surface area contributed by atoms with Gasteiger partial charge < -0.3 is 20.3 Å². The molecule has 13 heteroatoms. The van der Waals surface area contributed by atoms with Crippen molar-refractivity contribution in [3.05, 3.63) is 71.4 Å². The number of hydrogen-bond acceptors (Lipinski definition) is 7. The van der Waals surface area contributed by atoms with Crippen molar-refractivity contribution >= 4 is 33.2 Å². The van der Waals surface area contributed by atoms with Crippen LogP contribution in [-0.2, 0) is 26.6 Å². The lowest BCUT2D eigenvalue weighted by molar-refractivity contribution is -0.138. The lowest BCUT2D eigenvalue weighted by Crippen LogP contribution is -2.44. The van der Waals surface area contributed by atoms with Gasteiger partial charge >= 0.3 is 12.2 Å². The third-order valence-electron chi connectivity index (χ3n) is 6.66. The van der Waals surface area contributed by atoms with Crippen molar-refractivity contribution in [2.45, 2.75) is 31.5 Å². The molecule has 2 heterocycles. The van der Waals surface area contributed by atoms with Crippen LogP contribution in [-0.4, -0.2) is 62.6 Å². The smallest absolute Gasteiger partial charge is 0.377 e. The fourth-order valence-corrected chi connectivity index (χ4v) is 5.21. The molecule has 1 fully saturated rings. The lowest BCUT2D eigenvalue weighted by Gasteiger charge is -2.35. The highest BCUT2D eigenvalue weighted by Crippen LogP contribution is 2.40. The van der Waals surface area contributed by atoms with Gasteiger partial charge in [0.05, 0.1) is 41.3 Å². The summed E-state index contributed by atoms with van der Waals surface area (Å²) in [6, 6.07) is 12.5. The number of carbonyl (C=O) groups is 1. The van der Waals surface area contributed by atoms with Crippen molar-refractivity contribution in [1.82, 2.24) is 15.3 Å². The third-order valence-corrected chi connectivity index (χ3v) is 7.32. The molecular weight excluding hydrogens is 547 g/mol. The molecule has 2 aromatic carbocycles. The summed E-state index contributed by atoms with van der Waals surface area (Å²) >= 11 is 0. The molecule has 1 unspecified atom stereocenters. The first kappa shape index (κ1) is 29.0. The number of aromatic nitrogens is 2. The van der Waals surface area contributed by atoms with Gasteiger partial charge in [-0.2, -0.15) is 21.6 Å². The van der Waals surface area contributed by atoms with E-state index < -0.39 is 33.5 Å². The molecule has 0 aliphatic carbocycles. The maximum atomic E-state index is 14.1. The molecular formula is C27H28F3N5O4S. The standard InChI is InChI=1S/C27H28F3N5O4S/c1-17-15-39-13-12-35(17)23-14-22(33-24(34-23)18-8-10-19(11-9-18)32-25(36)31-3)26(2,16-40(37)38)20-6-4-5-7-21(20)27(28,29)30/h4-11,14,16-17H,12-13,15H2,1-3H3,(H2,31,32,36)/t17-,26?/m0/s1. The third kappa shape index (κ3) is 6.26. The van der Waals surface area contributed by atoms with E-state index in [0.29, 0.717) is 36.8 Å². The Balaban J connectivity index is 1.95. The SMILES string of the molecule is CNC(=O)Nc1ccc(-c2nc(N3CCOC[C@@H]3C)cc(C(C)(C=S(=O)=O)c3ccccc3C(F)(F)F)n2)cc1. The van der Waals surface area contributed by atoms with E-state index in [0.717, 1.165) is 11.4 Å². The Morgan fingerprint density at radius 2 is 1.77 bits per heavy atom. The van der Waals surface area contributed by atoms with Crippen molar-refractivity contribution in [3.63, 3.8) is 0 Å². The van der Waals surface area contributed by atoms with Crippen molar-refractivity contribution < 1.29 is 31.1 Å². The molecule has 0 radical (unpaired) electrons. The van der Waals surface area contributed by atoms with Crippen molar-refractivity contribution in [2.75, 3.05) is 37.0 Å². The summed E-state index contributed by atoms with van der Waals surface area (Å²) in [6.07, 6.45) is -4.74. The van der Waals surface area contributed by atoms with E-state index in [2.05, 4.69) is 15.6 Å². The van der Waals surface area contributed by atoms with Gasteiger partial charge in [-0.15, -0.1) is 0 Å². The van der Waals surface area contributed by atoms with Gasteiger partial charge in [-0.05, 0) is 49.7 Å². The van der Waals surface area contributed by atoms with Gasteiger partial charge in [0.1, 0.15) is 5.82 Å². The number of rotatable bonds is 6. The number of carbonyl (C=O) groups excluding carboxylic acids is 1. The quantitative estimate of drug-likeness (QED) is 0.425. The minimum atomic E-state index is -4.74. The maximum absolute atomic E-state index is 14.1. The summed E-state index contributed by atoms with van der Waals surface area (Å²) in [5.74, 6) is 0.600. The van der Waals surface area contributed by atoms with E-state index in [9.17, 15) is 26.4 Å². The summed E-state index contributed by atoms with van der Waals surface area (Å²) < 4.78 is 71.9. The van der Waals surface area contributed by atoms with E-state index in [1.54, 1.807) is 24.3 Å². The predicted molar refractivity (Wildman–Crippen MR) is 146 cm³/mol. The van der Waals surface area contributed by atoms with Crippen LogP contribution < -0.4 is 15.5 Å². The van der Waals surface area contributed by atoms with Gasteiger partial charge in [0.15, 0.2) is 5.82 Å². The van der Waals surface area contributed by atoms with E-state index in [1.165, 1.54) is 38.2 Å². The molecule has 0 bridgehead atoms. The minimum Gasteiger partial charge on any atom is -0.377 e. The first-order valence-electron chi connectivity index (χ1n) is 12.4. The van der Waals surface area contributed by atoms with Crippen LogP contribution in [0.3, 0.4) is 0 Å². The Bertz CT molecular complexity index is 1520. The Labute approximate surface area is 230 Å². The van der Waals surface area contributed by atoms with E-state index >= 15 is 0 Å². The number of urea groups is 1. The van der Waals surface area contributed by atoms with E-state index in [-0.39, 0.29) is 23.1 Å². The zero-order valence-corrected chi connectivity index (χ0v) is 22.8. The van der Waals surface area contributed by atoms with Gasteiger partial charge in [-0.3, -0.25) is 0 Å². The first-order chi connectivity index (χ1) is 18.9.